The minimum atomic E-state index is -4.58. The van der Waals surface area contributed by atoms with Crippen molar-refractivity contribution in [1.82, 2.24) is 0 Å². The average Bonchev–Trinajstić information content (AvgIpc) is 2.38. The first kappa shape index (κ1) is 14.2. The molecule has 2 nitrogen and oxygen atoms in total. The van der Waals surface area contributed by atoms with Gasteiger partial charge in [0.1, 0.15) is 23.9 Å². The highest BCUT2D eigenvalue weighted by Gasteiger charge is 2.33. The minimum absolute atomic E-state index is 0.111. The summed E-state index contributed by atoms with van der Waals surface area (Å²) in [5.74, 6) is -0.673. The number of ether oxygens (including phenoxy) is 1. The van der Waals surface area contributed by atoms with Gasteiger partial charge in [0, 0.05) is 5.56 Å². The van der Waals surface area contributed by atoms with Gasteiger partial charge in [-0.1, -0.05) is 6.07 Å². The number of rotatable bonds is 3. The number of hydrogen-bond acceptors (Lipinski definition) is 2. The van der Waals surface area contributed by atoms with Gasteiger partial charge in [0.2, 0.25) is 0 Å². The fourth-order valence-electron chi connectivity index (χ4n) is 1.65. The minimum Gasteiger partial charge on any atom is -0.508 e. The molecule has 6 heteroatoms. The van der Waals surface area contributed by atoms with Crippen LogP contribution in [0.25, 0.3) is 0 Å². The maximum atomic E-state index is 12.8. The first-order chi connectivity index (χ1) is 9.36. The first-order valence-corrected chi connectivity index (χ1v) is 5.64. The molecule has 0 aliphatic heterocycles. The number of alkyl halides is 3. The molecule has 2 rings (SSSR count). The molecule has 0 spiro atoms. The van der Waals surface area contributed by atoms with Crippen molar-refractivity contribution >= 4 is 0 Å². The third-order valence-corrected chi connectivity index (χ3v) is 2.61. The van der Waals surface area contributed by atoms with Crippen molar-refractivity contribution in [2.45, 2.75) is 12.8 Å². The van der Waals surface area contributed by atoms with Gasteiger partial charge in [-0.3, -0.25) is 0 Å². The lowest BCUT2D eigenvalue weighted by atomic mass is 10.1. The molecular weight excluding hydrogens is 276 g/mol. The van der Waals surface area contributed by atoms with Crippen LogP contribution in [-0.4, -0.2) is 5.11 Å². The van der Waals surface area contributed by atoms with Gasteiger partial charge in [0.25, 0.3) is 0 Å². The van der Waals surface area contributed by atoms with Crippen LogP contribution < -0.4 is 4.74 Å². The van der Waals surface area contributed by atoms with E-state index in [1.807, 2.05) is 0 Å². The molecule has 0 fully saturated rings. The smallest absolute Gasteiger partial charge is 0.416 e. The Morgan fingerprint density at radius 1 is 1.00 bits per heavy atom. The normalized spacial score (nSPS) is 11.4. The second-order valence-electron chi connectivity index (χ2n) is 4.08. The largest absolute Gasteiger partial charge is 0.508 e. The summed E-state index contributed by atoms with van der Waals surface area (Å²) in [5, 5.41) is 9.13. The van der Waals surface area contributed by atoms with Gasteiger partial charge in [0.05, 0.1) is 5.56 Å². The summed E-state index contributed by atoms with van der Waals surface area (Å²) in [5.41, 5.74) is -1.07. The molecule has 0 bridgehead atoms. The average molecular weight is 286 g/mol. The molecule has 0 atom stereocenters. The topological polar surface area (TPSA) is 29.5 Å². The van der Waals surface area contributed by atoms with Crippen molar-refractivity contribution in [3.63, 3.8) is 0 Å². The Balaban J connectivity index is 2.19. The number of halogens is 4. The molecule has 0 unspecified atom stereocenters. The van der Waals surface area contributed by atoms with Crippen LogP contribution in [-0.2, 0) is 12.8 Å². The van der Waals surface area contributed by atoms with Gasteiger partial charge in [-0.15, -0.1) is 0 Å². The summed E-state index contributed by atoms with van der Waals surface area (Å²) in [6, 6.07) is 7.88. The van der Waals surface area contributed by atoms with Crippen molar-refractivity contribution < 1.29 is 27.4 Å². The summed E-state index contributed by atoms with van der Waals surface area (Å²) >= 11 is 0. The van der Waals surface area contributed by atoms with Crippen LogP contribution in [0.2, 0.25) is 0 Å². The molecule has 2 aromatic rings. The van der Waals surface area contributed by atoms with E-state index in [0.717, 1.165) is 24.3 Å². The van der Waals surface area contributed by atoms with Gasteiger partial charge in [-0.25, -0.2) is 4.39 Å². The molecule has 2 aromatic carbocycles. The molecule has 1 N–H and O–H groups in total. The fraction of sp³-hybridized carbons (Fsp3) is 0.143. The van der Waals surface area contributed by atoms with E-state index < -0.39 is 23.3 Å². The molecule has 0 saturated carbocycles. The third-order valence-electron chi connectivity index (χ3n) is 2.61. The van der Waals surface area contributed by atoms with E-state index in [-0.39, 0.29) is 17.9 Å². The van der Waals surface area contributed by atoms with Crippen molar-refractivity contribution in [3.05, 3.63) is 59.4 Å². The monoisotopic (exact) mass is 286 g/mol. The lowest BCUT2D eigenvalue weighted by Gasteiger charge is -2.14. The van der Waals surface area contributed by atoms with Crippen molar-refractivity contribution in [2.75, 3.05) is 0 Å². The fourth-order valence-corrected chi connectivity index (χ4v) is 1.65. The van der Waals surface area contributed by atoms with Crippen molar-refractivity contribution in [2.24, 2.45) is 0 Å². The summed E-state index contributed by atoms with van der Waals surface area (Å²) in [4.78, 5) is 0. The molecule has 0 amide bonds. The van der Waals surface area contributed by atoms with Gasteiger partial charge in [-0.05, 0) is 36.4 Å². The van der Waals surface area contributed by atoms with Gasteiger partial charge < -0.3 is 9.84 Å². The van der Waals surface area contributed by atoms with Crippen LogP contribution in [0.3, 0.4) is 0 Å². The molecule has 0 saturated heterocycles. The SMILES string of the molecule is Oc1ccc(COc2ccc(F)cc2)c(C(F)(F)F)c1. The Morgan fingerprint density at radius 2 is 1.65 bits per heavy atom. The standard InChI is InChI=1S/C14H10F4O2/c15-10-2-5-12(6-3-10)20-8-9-1-4-11(19)7-13(9)14(16,17)18/h1-7,19H,8H2. The molecule has 0 aliphatic rings. The quantitative estimate of drug-likeness (QED) is 0.860. The molecular formula is C14H10F4O2. The van der Waals surface area contributed by atoms with E-state index in [0.29, 0.717) is 6.07 Å². The van der Waals surface area contributed by atoms with Gasteiger partial charge >= 0.3 is 6.18 Å². The van der Waals surface area contributed by atoms with Crippen LogP contribution in [0, 0.1) is 5.82 Å². The lowest BCUT2D eigenvalue weighted by Crippen LogP contribution is -2.10. The van der Waals surface area contributed by atoms with Crippen molar-refractivity contribution in [3.8, 4) is 11.5 Å². The molecule has 0 radical (unpaired) electrons. The van der Waals surface area contributed by atoms with Crippen LogP contribution in [0.15, 0.2) is 42.5 Å². The maximum Gasteiger partial charge on any atom is 0.416 e. The second-order valence-corrected chi connectivity index (χ2v) is 4.08. The van der Waals surface area contributed by atoms with E-state index in [1.54, 1.807) is 0 Å². The highest BCUT2D eigenvalue weighted by molar-refractivity contribution is 5.37. The zero-order valence-electron chi connectivity index (χ0n) is 10.1. The van der Waals surface area contributed by atoms with Crippen LogP contribution in [0.4, 0.5) is 17.6 Å². The Hall–Kier alpha value is -2.24. The van der Waals surface area contributed by atoms with Crippen LogP contribution >= 0.6 is 0 Å². The molecule has 0 heterocycles. The first-order valence-electron chi connectivity index (χ1n) is 5.64. The van der Waals surface area contributed by atoms with E-state index in [2.05, 4.69) is 0 Å². The molecule has 20 heavy (non-hydrogen) atoms. The molecule has 106 valence electrons. The number of hydrogen-bond donors (Lipinski definition) is 1. The zero-order chi connectivity index (χ0) is 14.8. The highest BCUT2D eigenvalue weighted by Crippen LogP contribution is 2.34. The Kier molecular flexibility index (Phi) is 3.83. The van der Waals surface area contributed by atoms with Gasteiger partial charge in [-0.2, -0.15) is 13.2 Å². The molecule has 0 aromatic heterocycles. The van der Waals surface area contributed by atoms with Crippen LogP contribution in [0.1, 0.15) is 11.1 Å². The lowest BCUT2D eigenvalue weighted by molar-refractivity contribution is -0.138. The summed E-state index contributed by atoms with van der Waals surface area (Å²) in [6.45, 7) is -0.333. The van der Waals surface area contributed by atoms with E-state index >= 15 is 0 Å². The van der Waals surface area contributed by atoms with Crippen LogP contribution in [0.5, 0.6) is 11.5 Å². The summed E-state index contributed by atoms with van der Waals surface area (Å²) in [7, 11) is 0. The highest BCUT2D eigenvalue weighted by atomic mass is 19.4. The predicted octanol–water partition coefficient (Wildman–Crippen LogP) is 4.13. The Bertz CT molecular complexity index is 591. The second kappa shape index (κ2) is 5.40. The third kappa shape index (κ3) is 3.40. The number of benzene rings is 2. The van der Waals surface area contributed by atoms with E-state index in [9.17, 15) is 17.6 Å². The van der Waals surface area contributed by atoms with E-state index in [4.69, 9.17) is 9.84 Å². The number of phenolic OH excluding ortho intramolecular Hbond substituents is 1. The summed E-state index contributed by atoms with van der Waals surface area (Å²) < 4.78 is 56.2. The number of aromatic hydroxyl groups is 1. The van der Waals surface area contributed by atoms with Gasteiger partial charge in [0.15, 0.2) is 0 Å². The maximum absolute atomic E-state index is 12.8. The van der Waals surface area contributed by atoms with E-state index in [1.165, 1.54) is 12.1 Å². The predicted molar refractivity (Wildman–Crippen MR) is 63.8 cm³/mol. The zero-order valence-corrected chi connectivity index (χ0v) is 10.1. The molecule has 0 aliphatic carbocycles. The number of phenols is 1. The Labute approximate surface area is 112 Å². The summed E-state index contributed by atoms with van der Waals surface area (Å²) in [6.07, 6.45) is -4.58. The van der Waals surface area contributed by atoms with Crippen molar-refractivity contribution in [1.29, 1.82) is 0 Å². The Morgan fingerprint density at radius 3 is 2.25 bits per heavy atom.